The Morgan fingerprint density at radius 2 is 2.21 bits per heavy atom. The van der Waals surface area contributed by atoms with Crippen molar-refractivity contribution in [2.45, 2.75) is 32.0 Å². The van der Waals surface area contributed by atoms with Crippen LogP contribution in [0.15, 0.2) is 18.2 Å². The topological polar surface area (TPSA) is 116 Å². The number of urea groups is 1. The van der Waals surface area contributed by atoms with Crippen molar-refractivity contribution in [2.24, 2.45) is 0 Å². The average Bonchev–Trinajstić information content (AvgIpc) is 3.10. The van der Waals surface area contributed by atoms with E-state index in [0.717, 1.165) is 11.1 Å². The molecule has 13 heteroatoms. The van der Waals surface area contributed by atoms with Gasteiger partial charge in [0.2, 0.25) is 0 Å². The number of nitrogens with zero attached hydrogens (tertiary/aromatic N) is 5. The average molecular weight is 477 g/mol. The zero-order valence-corrected chi connectivity index (χ0v) is 18.2. The van der Waals surface area contributed by atoms with Crippen LogP contribution < -0.4 is 10.6 Å². The Kier molecular flexibility index (Phi) is 6.71. The third-order valence-electron chi connectivity index (χ3n) is 5.57. The van der Waals surface area contributed by atoms with Crippen LogP contribution in [-0.2, 0) is 24.3 Å². The lowest BCUT2D eigenvalue weighted by Gasteiger charge is -2.27. The van der Waals surface area contributed by atoms with E-state index in [-0.39, 0.29) is 36.6 Å². The fraction of sp³-hybridized carbons (Fsp3) is 0.429. The van der Waals surface area contributed by atoms with Crippen molar-refractivity contribution in [3.8, 4) is 6.07 Å². The quantitative estimate of drug-likeness (QED) is 0.678. The Hall–Kier alpha value is -3.63. The minimum atomic E-state index is -2.50. The summed E-state index contributed by atoms with van der Waals surface area (Å²) in [7, 11) is 1.44. The third-order valence-corrected chi connectivity index (χ3v) is 5.57. The monoisotopic (exact) mass is 477 g/mol. The molecule has 2 aliphatic rings. The summed E-state index contributed by atoms with van der Waals surface area (Å²) in [5, 5.41) is 19.8. The lowest BCUT2D eigenvalue weighted by molar-refractivity contribution is -0.146. The number of hydrogen-bond donors (Lipinski definition) is 2. The predicted octanol–water partition coefficient (Wildman–Crippen LogP) is 1.72. The summed E-state index contributed by atoms with van der Waals surface area (Å²) in [6.45, 7) is 0.225. The molecule has 34 heavy (non-hydrogen) atoms. The minimum absolute atomic E-state index is 0.100. The Morgan fingerprint density at radius 1 is 1.41 bits per heavy atom. The highest BCUT2D eigenvalue weighted by Gasteiger charge is 2.35. The van der Waals surface area contributed by atoms with Crippen molar-refractivity contribution in [1.29, 1.82) is 5.26 Å². The third kappa shape index (κ3) is 4.82. The number of carbonyl (C=O) groups is 2. The molecule has 1 aromatic heterocycles. The summed E-state index contributed by atoms with van der Waals surface area (Å²) < 4.78 is 39.9. The van der Waals surface area contributed by atoms with E-state index in [1.807, 2.05) is 0 Å². The van der Waals surface area contributed by atoms with Gasteiger partial charge in [-0.3, -0.25) is 14.3 Å². The number of fused-ring (bicyclic) bond motifs is 3. The number of hydroxylamine groups is 2. The summed E-state index contributed by atoms with van der Waals surface area (Å²) in [6, 6.07) is 4.95. The summed E-state index contributed by atoms with van der Waals surface area (Å²) in [6.07, 6.45) is -2.69. The second-order valence-electron chi connectivity index (χ2n) is 7.94. The molecule has 0 spiro atoms. The van der Waals surface area contributed by atoms with E-state index in [2.05, 4.69) is 15.7 Å². The number of hydrogen-bond acceptors (Lipinski definition) is 6. The molecule has 0 radical (unpaired) electrons. The van der Waals surface area contributed by atoms with Crippen molar-refractivity contribution >= 4 is 17.6 Å². The number of alkyl halides is 2. The van der Waals surface area contributed by atoms with E-state index in [4.69, 9.17) is 10.1 Å². The van der Waals surface area contributed by atoms with Gasteiger partial charge in [0.15, 0.2) is 0 Å². The van der Waals surface area contributed by atoms with E-state index in [0.29, 0.717) is 24.2 Å². The molecule has 10 nitrogen and oxygen atoms in total. The van der Waals surface area contributed by atoms with E-state index < -0.39 is 36.8 Å². The molecular formula is C21H22F3N7O3. The minimum Gasteiger partial charge on any atom is -0.320 e. The van der Waals surface area contributed by atoms with Gasteiger partial charge in [-0.15, -0.1) is 0 Å². The van der Waals surface area contributed by atoms with Crippen LogP contribution in [0.3, 0.4) is 0 Å². The first-order chi connectivity index (χ1) is 16.3. The van der Waals surface area contributed by atoms with E-state index in [9.17, 15) is 22.8 Å². The molecule has 2 N–H and O–H groups in total. The standard InChI is InChI=1S/C21H22F3N7O3/c1-29-20(32)19-15-11-30(21(33)27-13-2-3-16(22)12(6-13)7-25)5-4-17(15)28-31(19)10-14(34-29)8-26-9-18(23)24/h2-3,6,14,18,26H,4-5,8-11H2,1H3,(H,27,33)/t14-/m1/s1. The number of nitrogens with one attached hydrogen (secondary N) is 2. The van der Waals surface area contributed by atoms with Gasteiger partial charge in [0.25, 0.3) is 12.3 Å². The maximum absolute atomic E-state index is 13.5. The van der Waals surface area contributed by atoms with Crippen molar-refractivity contribution in [3.05, 3.63) is 46.5 Å². The van der Waals surface area contributed by atoms with Gasteiger partial charge in [0.05, 0.1) is 30.9 Å². The van der Waals surface area contributed by atoms with E-state index in [1.54, 1.807) is 6.07 Å². The fourth-order valence-electron chi connectivity index (χ4n) is 3.96. The fourth-order valence-corrected chi connectivity index (χ4v) is 3.96. The molecule has 2 aromatic rings. The number of benzene rings is 1. The molecule has 0 saturated heterocycles. The van der Waals surface area contributed by atoms with Crippen molar-refractivity contribution < 1.29 is 27.6 Å². The number of carbonyl (C=O) groups excluding carboxylic acids is 2. The first-order valence-corrected chi connectivity index (χ1v) is 10.5. The van der Waals surface area contributed by atoms with Crippen LogP contribution in [0.2, 0.25) is 0 Å². The normalized spacial score (nSPS) is 17.8. The molecule has 0 unspecified atom stereocenters. The molecule has 0 aliphatic carbocycles. The zero-order valence-electron chi connectivity index (χ0n) is 18.2. The first kappa shape index (κ1) is 23.5. The Bertz CT molecular complexity index is 1150. The molecule has 3 amide bonds. The van der Waals surface area contributed by atoms with Gasteiger partial charge in [-0.1, -0.05) is 0 Å². The van der Waals surface area contributed by atoms with Crippen LogP contribution in [0.5, 0.6) is 0 Å². The van der Waals surface area contributed by atoms with Gasteiger partial charge in [0, 0.05) is 37.8 Å². The summed E-state index contributed by atoms with van der Waals surface area (Å²) in [4.78, 5) is 32.9. The SMILES string of the molecule is CN1O[C@H](CNCC(F)F)Cn2nc3c(c2C1=O)CN(C(=O)Nc1ccc(F)c(C#N)c1)CC3. The van der Waals surface area contributed by atoms with Crippen LogP contribution in [0, 0.1) is 17.1 Å². The maximum Gasteiger partial charge on any atom is 0.322 e. The summed E-state index contributed by atoms with van der Waals surface area (Å²) in [5.74, 6) is -1.14. The second kappa shape index (κ2) is 9.70. The van der Waals surface area contributed by atoms with Crippen molar-refractivity contribution in [2.75, 3.05) is 32.0 Å². The van der Waals surface area contributed by atoms with Gasteiger partial charge in [-0.25, -0.2) is 23.0 Å². The molecule has 1 aromatic carbocycles. The zero-order chi connectivity index (χ0) is 24.4. The smallest absolute Gasteiger partial charge is 0.320 e. The molecule has 2 aliphatic heterocycles. The molecule has 0 fully saturated rings. The molecule has 4 rings (SSSR count). The van der Waals surface area contributed by atoms with Gasteiger partial charge < -0.3 is 15.5 Å². The van der Waals surface area contributed by atoms with Crippen molar-refractivity contribution in [3.63, 3.8) is 0 Å². The van der Waals surface area contributed by atoms with Crippen LogP contribution in [-0.4, -0.2) is 70.9 Å². The Labute approximate surface area is 192 Å². The molecular weight excluding hydrogens is 455 g/mol. The number of amides is 3. The number of anilines is 1. The first-order valence-electron chi connectivity index (χ1n) is 10.5. The largest absolute Gasteiger partial charge is 0.322 e. The predicted molar refractivity (Wildman–Crippen MR) is 112 cm³/mol. The highest BCUT2D eigenvalue weighted by atomic mass is 19.3. The molecule has 1 atom stereocenters. The van der Waals surface area contributed by atoms with Gasteiger partial charge >= 0.3 is 6.03 Å². The lowest BCUT2D eigenvalue weighted by Crippen LogP contribution is -2.40. The molecule has 0 bridgehead atoms. The number of aromatic nitrogens is 2. The lowest BCUT2D eigenvalue weighted by atomic mass is 10.1. The van der Waals surface area contributed by atoms with Crippen LogP contribution in [0.25, 0.3) is 0 Å². The molecule has 3 heterocycles. The van der Waals surface area contributed by atoms with Crippen molar-refractivity contribution in [1.82, 2.24) is 25.1 Å². The Morgan fingerprint density at radius 3 is 2.94 bits per heavy atom. The van der Waals surface area contributed by atoms with Gasteiger partial charge in [0.1, 0.15) is 23.7 Å². The number of rotatable bonds is 5. The molecule has 180 valence electrons. The summed E-state index contributed by atoms with van der Waals surface area (Å²) >= 11 is 0. The highest BCUT2D eigenvalue weighted by Crippen LogP contribution is 2.26. The van der Waals surface area contributed by atoms with E-state index in [1.165, 1.54) is 28.8 Å². The van der Waals surface area contributed by atoms with Crippen LogP contribution >= 0.6 is 0 Å². The number of nitriles is 1. The van der Waals surface area contributed by atoms with Crippen LogP contribution in [0.4, 0.5) is 23.7 Å². The van der Waals surface area contributed by atoms with Gasteiger partial charge in [-0.05, 0) is 18.2 Å². The van der Waals surface area contributed by atoms with E-state index >= 15 is 0 Å². The number of halogens is 3. The Balaban J connectivity index is 1.50. The van der Waals surface area contributed by atoms with Crippen LogP contribution in [0.1, 0.15) is 27.3 Å². The second-order valence-corrected chi connectivity index (χ2v) is 7.94. The maximum atomic E-state index is 13.5. The highest BCUT2D eigenvalue weighted by molar-refractivity contribution is 5.94. The molecule has 0 saturated carbocycles. The van der Waals surface area contributed by atoms with Gasteiger partial charge in [-0.2, -0.15) is 10.4 Å². The summed E-state index contributed by atoms with van der Waals surface area (Å²) in [5.41, 5.74) is 1.62.